The van der Waals surface area contributed by atoms with E-state index in [1.807, 2.05) is 0 Å². The first kappa shape index (κ1) is 20.2. The molecule has 0 aliphatic rings. The lowest BCUT2D eigenvalue weighted by Crippen LogP contribution is -2.09. The van der Waals surface area contributed by atoms with E-state index in [1.54, 1.807) is 0 Å². The number of hydrogen-bond acceptors (Lipinski definition) is 4. The molecule has 0 fully saturated rings. The van der Waals surface area contributed by atoms with Gasteiger partial charge in [-0.1, -0.05) is 64.7 Å². The first-order valence-corrected chi connectivity index (χ1v) is 9.13. The predicted molar refractivity (Wildman–Crippen MR) is 95.0 cm³/mol. The zero-order valence-corrected chi connectivity index (χ0v) is 15.0. The molecule has 0 saturated heterocycles. The summed E-state index contributed by atoms with van der Waals surface area (Å²) >= 11 is 0. The number of rotatable bonds is 13. The molecule has 0 aliphatic carbocycles. The average Bonchev–Trinajstić information content (AvgIpc) is 3.00. The van der Waals surface area contributed by atoms with Crippen molar-refractivity contribution >= 4 is 17.8 Å². The Labute approximate surface area is 144 Å². The van der Waals surface area contributed by atoms with E-state index in [2.05, 4.69) is 22.2 Å². The van der Waals surface area contributed by atoms with E-state index in [9.17, 15) is 9.59 Å². The molecule has 1 rings (SSSR count). The normalized spacial score (nSPS) is 10.6. The van der Waals surface area contributed by atoms with Gasteiger partial charge in [0.25, 0.3) is 0 Å². The van der Waals surface area contributed by atoms with Gasteiger partial charge in [0.15, 0.2) is 0 Å². The number of aromatic amines is 1. The van der Waals surface area contributed by atoms with Crippen LogP contribution in [-0.2, 0) is 9.53 Å². The van der Waals surface area contributed by atoms with Crippen molar-refractivity contribution in [2.45, 2.75) is 78.1 Å². The molecule has 0 bridgehead atoms. The Balaban J connectivity index is 2.00. The predicted octanol–water partition coefficient (Wildman–Crippen LogP) is 4.45. The highest BCUT2D eigenvalue weighted by Gasteiger charge is 2.11. The van der Waals surface area contributed by atoms with E-state index in [4.69, 9.17) is 4.74 Å². The molecule has 0 spiro atoms. The Morgan fingerprint density at radius 2 is 1.62 bits per heavy atom. The number of anilines is 1. The van der Waals surface area contributed by atoms with Crippen molar-refractivity contribution in [2.75, 3.05) is 11.9 Å². The lowest BCUT2D eigenvalue weighted by molar-refractivity contribution is -0.114. The van der Waals surface area contributed by atoms with Crippen LogP contribution in [0.15, 0.2) is 6.20 Å². The summed E-state index contributed by atoms with van der Waals surface area (Å²) in [6.07, 6.45) is 13.8. The third-order valence-electron chi connectivity index (χ3n) is 3.82. The van der Waals surface area contributed by atoms with Crippen molar-refractivity contribution in [1.82, 2.24) is 9.97 Å². The second-order valence-corrected chi connectivity index (χ2v) is 6.14. The summed E-state index contributed by atoms with van der Waals surface area (Å²) in [7, 11) is 0. The van der Waals surface area contributed by atoms with Crippen molar-refractivity contribution in [3.63, 3.8) is 0 Å². The Bertz CT molecular complexity index is 486. The lowest BCUT2D eigenvalue weighted by atomic mass is 10.1. The highest BCUT2D eigenvalue weighted by Crippen LogP contribution is 2.11. The Hall–Kier alpha value is -1.85. The lowest BCUT2D eigenvalue weighted by Gasteiger charge is -2.04. The van der Waals surface area contributed by atoms with Gasteiger partial charge in [-0.25, -0.2) is 9.78 Å². The largest absolute Gasteiger partial charge is 0.461 e. The molecule has 1 heterocycles. The van der Waals surface area contributed by atoms with Crippen molar-refractivity contribution < 1.29 is 14.3 Å². The number of nitrogens with one attached hydrogen (secondary N) is 2. The minimum absolute atomic E-state index is 0.241. The summed E-state index contributed by atoms with van der Waals surface area (Å²) < 4.78 is 5.20. The van der Waals surface area contributed by atoms with Crippen LogP contribution in [0, 0.1) is 0 Å². The molecule has 1 aromatic heterocycles. The molecule has 1 amide bonds. The summed E-state index contributed by atoms with van der Waals surface area (Å²) in [6, 6.07) is 0. The van der Waals surface area contributed by atoms with Gasteiger partial charge in [-0.3, -0.25) is 10.1 Å². The maximum Gasteiger partial charge on any atom is 0.356 e. The van der Waals surface area contributed by atoms with E-state index in [-0.39, 0.29) is 17.5 Å². The summed E-state index contributed by atoms with van der Waals surface area (Å²) in [5, 5.41) is 2.48. The van der Waals surface area contributed by atoms with Gasteiger partial charge in [0.2, 0.25) is 11.9 Å². The molecular weight excluding hydrogens is 306 g/mol. The molecule has 0 saturated carbocycles. The zero-order valence-electron chi connectivity index (χ0n) is 15.0. The van der Waals surface area contributed by atoms with Crippen molar-refractivity contribution in [3.05, 3.63) is 11.9 Å². The van der Waals surface area contributed by atoms with Gasteiger partial charge in [0.1, 0.15) is 5.69 Å². The van der Waals surface area contributed by atoms with Crippen LogP contribution in [0.1, 0.15) is 88.5 Å². The molecule has 6 nitrogen and oxygen atoms in total. The maximum absolute atomic E-state index is 11.8. The van der Waals surface area contributed by atoms with Crippen LogP contribution in [0.4, 0.5) is 5.95 Å². The maximum atomic E-state index is 11.8. The number of carbonyl (C=O) groups excluding carboxylic acids is 2. The van der Waals surface area contributed by atoms with Crippen LogP contribution in [0.2, 0.25) is 0 Å². The zero-order chi connectivity index (χ0) is 17.6. The van der Waals surface area contributed by atoms with Gasteiger partial charge in [-0.15, -0.1) is 0 Å². The number of unbranched alkanes of at least 4 members (excludes halogenated alkanes) is 9. The topological polar surface area (TPSA) is 84.1 Å². The van der Waals surface area contributed by atoms with Crippen LogP contribution in [-0.4, -0.2) is 28.5 Å². The quantitative estimate of drug-likeness (QED) is 0.411. The molecule has 0 atom stereocenters. The molecule has 136 valence electrons. The molecule has 0 aliphatic heterocycles. The molecule has 0 unspecified atom stereocenters. The van der Waals surface area contributed by atoms with E-state index in [1.165, 1.54) is 64.5 Å². The van der Waals surface area contributed by atoms with Crippen molar-refractivity contribution in [3.8, 4) is 0 Å². The number of amides is 1. The molecule has 6 heteroatoms. The first-order chi connectivity index (χ1) is 11.6. The van der Waals surface area contributed by atoms with Crippen LogP contribution < -0.4 is 5.32 Å². The number of H-pyrrole nitrogens is 1. The van der Waals surface area contributed by atoms with Gasteiger partial charge in [-0.05, 0) is 6.42 Å². The molecular formula is C18H31N3O3. The van der Waals surface area contributed by atoms with Crippen LogP contribution in [0.5, 0.6) is 0 Å². The van der Waals surface area contributed by atoms with Crippen LogP contribution in [0.25, 0.3) is 0 Å². The average molecular weight is 337 g/mol. The van der Waals surface area contributed by atoms with Gasteiger partial charge >= 0.3 is 5.97 Å². The highest BCUT2D eigenvalue weighted by atomic mass is 16.5. The summed E-state index contributed by atoms with van der Waals surface area (Å²) in [4.78, 5) is 29.3. The fourth-order valence-electron chi connectivity index (χ4n) is 2.49. The monoisotopic (exact) mass is 337 g/mol. The summed E-state index contributed by atoms with van der Waals surface area (Å²) in [6.45, 7) is 4.04. The van der Waals surface area contributed by atoms with E-state index in [0.29, 0.717) is 6.61 Å². The van der Waals surface area contributed by atoms with Gasteiger partial charge < -0.3 is 9.72 Å². The molecule has 0 aromatic carbocycles. The van der Waals surface area contributed by atoms with Gasteiger partial charge in [0, 0.05) is 6.92 Å². The van der Waals surface area contributed by atoms with Crippen LogP contribution >= 0.6 is 0 Å². The molecule has 2 N–H and O–H groups in total. The number of esters is 1. The van der Waals surface area contributed by atoms with E-state index < -0.39 is 5.97 Å². The van der Waals surface area contributed by atoms with E-state index >= 15 is 0 Å². The minimum atomic E-state index is -0.435. The second kappa shape index (κ2) is 12.6. The Morgan fingerprint density at radius 1 is 1.04 bits per heavy atom. The highest BCUT2D eigenvalue weighted by molar-refractivity contribution is 5.90. The van der Waals surface area contributed by atoms with Crippen LogP contribution in [0.3, 0.4) is 0 Å². The molecule has 0 radical (unpaired) electrons. The van der Waals surface area contributed by atoms with Crippen molar-refractivity contribution in [1.29, 1.82) is 0 Å². The second-order valence-electron chi connectivity index (χ2n) is 6.14. The number of hydrogen-bond donors (Lipinski definition) is 2. The third kappa shape index (κ3) is 9.33. The summed E-state index contributed by atoms with van der Waals surface area (Å²) in [5.41, 5.74) is 0.255. The van der Waals surface area contributed by atoms with E-state index in [0.717, 1.165) is 12.8 Å². The fourth-order valence-corrected chi connectivity index (χ4v) is 2.49. The number of aromatic nitrogens is 2. The fraction of sp³-hybridized carbons (Fsp3) is 0.722. The number of carbonyl (C=O) groups is 2. The standard InChI is InChI=1S/C18H31N3O3/c1-3-4-5-6-7-8-9-10-11-12-13-24-17(23)16-14-19-18(21-16)20-15(2)22/h14H,3-13H2,1-2H3,(H2,19,20,21,22). The van der Waals surface area contributed by atoms with Crippen molar-refractivity contribution in [2.24, 2.45) is 0 Å². The number of nitrogens with zero attached hydrogens (tertiary/aromatic N) is 1. The molecule has 1 aromatic rings. The minimum Gasteiger partial charge on any atom is -0.461 e. The third-order valence-corrected chi connectivity index (χ3v) is 3.82. The van der Waals surface area contributed by atoms with Gasteiger partial charge in [-0.2, -0.15) is 0 Å². The molecule has 24 heavy (non-hydrogen) atoms. The first-order valence-electron chi connectivity index (χ1n) is 9.13. The number of ether oxygens (including phenoxy) is 1. The summed E-state index contributed by atoms with van der Waals surface area (Å²) in [5.74, 6) is -0.418. The smallest absolute Gasteiger partial charge is 0.356 e. The number of imidazole rings is 1. The van der Waals surface area contributed by atoms with Gasteiger partial charge in [0.05, 0.1) is 12.8 Å². The Morgan fingerprint density at radius 3 is 2.21 bits per heavy atom. The SMILES string of the molecule is CCCCCCCCCCCCOC(=O)c1cnc(NC(C)=O)[nH]1. The Kier molecular flexibility index (Phi) is 10.6.